The average Bonchev–Trinajstić information content (AvgIpc) is 2.55. The molecular weight excluding hydrogens is 356 g/mol. The van der Waals surface area contributed by atoms with Crippen LogP contribution in [0.3, 0.4) is 0 Å². The number of amides is 2. The van der Waals surface area contributed by atoms with Gasteiger partial charge in [-0.15, -0.1) is 0 Å². The Kier molecular flexibility index (Phi) is 6.28. The fourth-order valence-corrected chi connectivity index (χ4v) is 2.14. The molecule has 0 aliphatic rings. The molecule has 24 heavy (non-hydrogen) atoms. The summed E-state index contributed by atoms with van der Waals surface area (Å²) < 4.78 is 12.8. The SMILES string of the molecule is O=C(CNC(=O)c1ccc(F)cc1)N/N=C\c1ccc(Cl)cc1Cl. The monoisotopic (exact) mass is 367 g/mol. The molecule has 8 heteroatoms. The van der Waals surface area contributed by atoms with Crippen molar-refractivity contribution in [2.45, 2.75) is 0 Å². The zero-order chi connectivity index (χ0) is 17.5. The van der Waals surface area contributed by atoms with Gasteiger partial charge in [0.25, 0.3) is 11.8 Å². The zero-order valence-corrected chi connectivity index (χ0v) is 13.7. The molecule has 0 radical (unpaired) electrons. The highest BCUT2D eigenvalue weighted by atomic mass is 35.5. The second-order valence-electron chi connectivity index (χ2n) is 4.65. The van der Waals surface area contributed by atoms with Gasteiger partial charge in [-0.25, -0.2) is 9.82 Å². The Balaban J connectivity index is 1.81. The molecule has 0 aliphatic carbocycles. The molecule has 0 saturated carbocycles. The topological polar surface area (TPSA) is 70.6 Å². The maximum absolute atomic E-state index is 12.8. The van der Waals surface area contributed by atoms with Gasteiger partial charge in [0.15, 0.2) is 0 Å². The summed E-state index contributed by atoms with van der Waals surface area (Å²) >= 11 is 11.7. The van der Waals surface area contributed by atoms with Crippen LogP contribution in [0.1, 0.15) is 15.9 Å². The van der Waals surface area contributed by atoms with Gasteiger partial charge in [0.1, 0.15) is 5.82 Å². The number of hydrogen-bond acceptors (Lipinski definition) is 3. The van der Waals surface area contributed by atoms with Crippen LogP contribution >= 0.6 is 23.2 Å². The van der Waals surface area contributed by atoms with Gasteiger partial charge in [0, 0.05) is 16.1 Å². The Morgan fingerprint density at radius 2 is 1.83 bits per heavy atom. The minimum Gasteiger partial charge on any atom is -0.343 e. The van der Waals surface area contributed by atoms with Gasteiger partial charge in [-0.05, 0) is 36.4 Å². The third-order valence-corrected chi connectivity index (χ3v) is 3.43. The number of hydrazone groups is 1. The first-order valence-corrected chi connectivity index (χ1v) is 7.52. The molecule has 0 spiro atoms. The lowest BCUT2D eigenvalue weighted by Crippen LogP contribution is -2.34. The van der Waals surface area contributed by atoms with Crippen molar-refractivity contribution in [3.05, 3.63) is 69.5 Å². The largest absolute Gasteiger partial charge is 0.343 e. The highest BCUT2D eigenvalue weighted by molar-refractivity contribution is 6.36. The van der Waals surface area contributed by atoms with Gasteiger partial charge in [-0.3, -0.25) is 9.59 Å². The summed E-state index contributed by atoms with van der Waals surface area (Å²) in [4.78, 5) is 23.4. The zero-order valence-electron chi connectivity index (χ0n) is 12.2. The van der Waals surface area contributed by atoms with Crippen molar-refractivity contribution in [2.24, 2.45) is 5.10 Å². The molecule has 124 valence electrons. The van der Waals surface area contributed by atoms with Gasteiger partial charge >= 0.3 is 0 Å². The second-order valence-corrected chi connectivity index (χ2v) is 5.49. The number of carbonyl (C=O) groups is 2. The minimum absolute atomic E-state index is 0.251. The van der Waals surface area contributed by atoms with Gasteiger partial charge < -0.3 is 5.32 Å². The smallest absolute Gasteiger partial charge is 0.259 e. The third kappa shape index (κ3) is 5.33. The van der Waals surface area contributed by atoms with Gasteiger partial charge in [0.05, 0.1) is 17.8 Å². The van der Waals surface area contributed by atoms with Crippen LogP contribution in [0.5, 0.6) is 0 Å². The summed E-state index contributed by atoms with van der Waals surface area (Å²) in [5.41, 5.74) is 3.08. The van der Waals surface area contributed by atoms with E-state index >= 15 is 0 Å². The summed E-state index contributed by atoms with van der Waals surface area (Å²) in [6, 6.07) is 9.81. The maximum Gasteiger partial charge on any atom is 0.259 e. The van der Waals surface area contributed by atoms with E-state index in [1.54, 1.807) is 18.2 Å². The predicted octanol–water partition coefficient (Wildman–Crippen LogP) is 3.01. The number of nitrogens with zero attached hydrogens (tertiary/aromatic N) is 1. The normalized spacial score (nSPS) is 10.6. The lowest BCUT2D eigenvalue weighted by atomic mass is 10.2. The first-order chi connectivity index (χ1) is 11.5. The van der Waals surface area contributed by atoms with Crippen LogP contribution in [0.2, 0.25) is 10.0 Å². The molecule has 2 aromatic rings. The van der Waals surface area contributed by atoms with Crippen LogP contribution in [0.25, 0.3) is 0 Å². The summed E-state index contributed by atoms with van der Waals surface area (Å²) in [6.45, 7) is -0.276. The highest BCUT2D eigenvalue weighted by Gasteiger charge is 2.07. The van der Waals surface area contributed by atoms with Crippen LogP contribution in [0.4, 0.5) is 4.39 Å². The molecule has 0 aromatic heterocycles. The van der Waals surface area contributed by atoms with Crippen molar-refractivity contribution in [1.82, 2.24) is 10.7 Å². The maximum atomic E-state index is 12.8. The van der Waals surface area contributed by atoms with E-state index in [1.807, 2.05) is 0 Å². The van der Waals surface area contributed by atoms with Crippen molar-refractivity contribution in [3.8, 4) is 0 Å². The predicted molar refractivity (Wildman–Crippen MR) is 90.9 cm³/mol. The number of nitrogens with one attached hydrogen (secondary N) is 2. The first-order valence-electron chi connectivity index (χ1n) is 6.76. The number of hydrogen-bond donors (Lipinski definition) is 2. The molecule has 0 heterocycles. The summed E-state index contributed by atoms with van der Waals surface area (Å²) in [5, 5.41) is 7.02. The molecule has 0 atom stereocenters. The van der Waals surface area contributed by atoms with Crippen LogP contribution in [0, 0.1) is 5.82 Å². The third-order valence-electron chi connectivity index (χ3n) is 2.87. The summed E-state index contributed by atoms with van der Waals surface area (Å²) in [7, 11) is 0. The Bertz CT molecular complexity index is 779. The van der Waals surface area contributed by atoms with E-state index in [1.165, 1.54) is 18.3 Å². The molecule has 5 nitrogen and oxygen atoms in total. The number of benzene rings is 2. The van der Waals surface area contributed by atoms with E-state index in [4.69, 9.17) is 23.2 Å². The van der Waals surface area contributed by atoms with E-state index in [0.29, 0.717) is 15.6 Å². The number of rotatable bonds is 5. The van der Waals surface area contributed by atoms with Gasteiger partial charge in [0.2, 0.25) is 0 Å². The first kappa shape index (κ1) is 17.9. The van der Waals surface area contributed by atoms with E-state index in [0.717, 1.165) is 12.1 Å². The van der Waals surface area contributed by atoms with Crippen molar-refractivity contribution in [1.29, 1.82) is 0 Å². The fraction of sp³-hybridized carbons (Fsp3) is 0.0625. The van der Waals surface area contributed by atoms with E-state index in [-0.39, 0.29) is 12.1 Å². The fourth-order valence-electron chi connectivity index (χ4n) is 1.68. The Morgan fingerprint density at radius 1 is 1.12 bits per heavy atom. The number of carbonyl (C=O) groups excluding carboxylic acids is 2. The molecule has 2 amide bonds. The summed E-state index contributed by atoms with van der Waals surface area (Å²) in [5.74, 6) is -1.46. The van der Waals surface area contributed by atoms with Crippen LogP contribution < -0.4 is 10.7 Å². The van der Waals surface area contributed by atoms with Crippen molar-refractivity contribution < 1.29 is 14.0 Å². The van der Waals surface area contributed by atoms with Gasteiger partial charge in [-0.2, -0.15) is 5.10 Å². The molecule has 0 saturated heterocycles. The average molecular weight is 368 g/mol. The Hall–Kier alpha value is -2.44. The van der Waals surface area contributed by atoms with Gasteiger partial charge in [-0.1, -0.05) is 29.3 Å². The van der Waals surface area contributed by atoms with Crippen LogP contribution in [-0.2, 0) is 4.79 Å². The van der Waals surface area contributed by atoms with Crippen molar-refractivity contribution in [2.75, 3.05) is 6.54 Å². The van der Waals surface area contributed by atoms with E-state index in [2.05, 4.69) is 15.8 Å². The second kappa shape index (κ2) is 8.42. The van der Waals surface area contributed by atoms with Crippen LogP contribution in [0.15, 0.2) is 47.6 Å². The molecule has 2 aromatic carbocycles. The summed E-state index contributed by atoms with van der Waals surface area (Å²) in [6.07, 6.45) is 1.36. The quantitative estimate of drug-likeness (QED) is 0.629. The number of halogens is 3. The molecule has 0 unspecified atom stereocenters. The highest BCUT2D eigenvalue weighted by Crippen LogP contribution is 2.19. The standard InChI is InChI=1S/C16H12Cl2FN3O2/c17-12-4-1-11(14(18)7-12)8-21-22-15(23)9-20-16(24)10-2-5-13(19)6-3-10/h1-8H,9H2,(H,20,24)(H,22,23)/b21-8-. The van der Waals surface area contributed by atoms with Crippen molar-refractivity contribution >= 4 is 41.2 Å². The molecule has 0 aliphatic heterocycles. The molecule has 0 bridgehead atoms. The van der Waals surface area contributed by atoms with Crippen molar-refractivity contribution in [3.63, 3.8) is 0 Å². The van der Waals surface area contributed by atoms with E-state index in [9.17, 15) is 14.0 Å². The molecule has 0 fully saturated rings. The molecule has 2 N–H and O–H groups in total. The van der Waals surface area contributed by atoms with E-state index < -0.39 is 17.6 Å². The van der Waals surface area contributed by atoms with Crippen LogP contribution in [-0.4, -0.2) is 24.6 Å². The Labute approximate surface area is 147 Å². The minimum atomic E-state index is -0.521. The lowest BCUT2D eigenvalue weighted by molar-refractivity contribution is -0.120. The Morgan fingerprint density at radius 3 is 2.50 bits per heavy atom. The lowest BCUT2D eigenvalue weighted by Gasteiger charge is -2.04. The molecule has 2 rings (SSSR count). The molecular formula is C16H12Cl2FN3O2.